The highest BCUT2D eigenvalue weighted by Crippen LogP contribution is 2.26. The van der Waals surface area contributed by atoms with Gasteiger partial charge in [0.15, 0.2) is 0 Å². The van der Waals surface area contributed by atoms with Gasteiger partial charge >= 0.3 is 0 Å². The number of benzene rings is 1. The summed E-state index contributed by atoms with van der Waals surface area (Å²) in [7, 11) is 0. The number of amides is 1. The highest BCUT2D eigenvalue weighted by molar-refractivity contribution is 9.11. The van der Waals surface area contributed by atoms with Gasteiger partial charge in [0, 0.05) is 14.3 Å². The third kappa shape index (κ3) is 2.72. The summed E-state index contributed by atoms with van der Waals surface area (Å²) in [6, 6.07) is 7.44. The van der Waals surface area contributed by atoms with Crippen LogP contribution in [-0.2, 0) is 0 Å². The summed E-state index contributed by atoms with van der Waals surface area (Å²) in [6.45, 7) is 0. The Hall–Kier alpha value is -0.650. The van der Waals surface area contributed by atoms with Crippen LogP contribution in [0.5, 0.6) is 0 Å². The van der Waals surface area contributed by atoms with Gasteiger partial charge in [0.05, 0.1) is 11.3 Å². The van der Waals surface area contributed by atoms with Gasteiger partial charge in [-0.25, -0.2) is 0 Å². The summed E-state index contributed by atoms with van der Waals surface area (Å²) in [6.07, 6.45) is 0. The molecule has 2 rings (SSSR count). The van der Waals surface area contributed by atoms with Crippen LogP contribution < -0.4 is 5.32 Å². The molecular formula is C11H7Br2NOS. The molecule has 0 atom stereocenters. The minimum Gasteiger partial charge on any atom is -0.321 e. The molecule has 1 heterocycles. The van der Waals surface area contributed by atoms with E-state index >= 15 is 0 Å². The lowest BCUT2D eigenvalue weighted by Crippen LogP contribution is -2.11. The molecule has 16 heavy (non-hydrogen) atoms. The Kier molecular flexibility index (Phi) is 3.78. The lowest BCUT2D eigenvalue weighted by Gasteiger charge is -2.06. The quantitative estimate of drug-likeness (QED) is 0.837. The molecule has 0 fully saturated rings. The number of carbonyl (C=O) groups excluding carboxylic acids is 1. The maximum atomic E-state index is 11.8. The summed E-state index contributed by atoms with van der Waals surface area (Å²) in [4.78, 5) is 11.8. The van der Waals surface area contributed by atoms with E-state index in [0.29, 0.717) is 5.56 Å². The maximum absolute atomic E-state index is 11.8. The number of halogens is 2. The van der Waals surface area contributed by atoms with Crippen molar-refractivity contribution >= 4 is 54.8 Å². The molecular weight excluding hydrogens is 354 g/mol. The predicted molar refractivity (Wildman–Crippen MR) is 74.1 cm³/mol. The number of hydrogen-bond donors (Lipinski definition) is 1. The van der Waals surface area contributed by atoms with Crippen LogP contribution in [0.15, 0.2) is 44.0 Å². The summed E-state index contributed by atoms with van der Waals surface area (Å²) >= 11 is 8.26. The van der Waals surface area contributed by atoms with Crippen LogP contribution >= 0.6 is 43.2 Å². The molecule has 0 radical (unpaired) electrons. The van der Waals surface area contributed by atoms with Gasteiger partial charge in [-0.3, -0.25) is 4.79 Å². The van der Waals surface area contributed by atoms with E-state index in [1.54, 1.807) is 6.07 Å². The van der Waals surface area contributed by atoms with Crippen LogP contribution in [0.25, 0.3) is 0 Å². The van der Waals surface area contributed by atoms with Gasteiger partial charge in [-0.05, 0) is 45.6 Å². The fourth-order valence-electron chi connectivity index (χ4n) is 1.18. The second kappa shape index (κ2) is 5.12. The normalized spacial score (nSPS) is 10.1. The van der Waals surface area contributed by atoms with Crippen LogP contribution in [0, 0.1) is 0 Å². The third-order valence-corrected chi connectivity index (χ3v) is 3.83. The van der Waals surface area contributed by atoms with Crippen LogP contribution in [0.1, 0.15) is 10.4 Å². The van der Waals surface area contributed by atoms with Crippen LogP contribution in [0.4, 0.5) is 5.69 Å². The fraction of sp³-hybridized carbons (Fsp3) is 0. The van der Waals surface area contributed by atoms with Gasteiger partial charge in [-0.1, -0.05) is 15.9 Å². The molecule has 0 saturated carbocycles. The van der Waals surface area contributed by atoms with E-state index in [9.17, 15) is 4.79 Å². The van der Waals surface area contributed by atoms with Gasteiger partial charge in [-0.15, -0.1) is 0 Å². The number of thiophene rings is 1. The van der Waals surface area contributed by atoms with Crippen molar-refractivity contribution in [3.05, 3.63) is 49.5 Å². The molecule has 1 amide bonds. The number of anilines is 1. The molecule has 1 aromatic heterocycles. The van der Waals surface area contributed by atoms with E-state index in [-0.39, 0.29) is 5.91 Å². The number of nitrogens with one attached hydrogen (secondary N) is 1. The molecule has 0 aliphatic carbocycles. The minimum absolute atomic E-state index is 0.0972. The highest BCUT2D eigenvalue weighted by Gasteiger charge is 2.08. The molecule has 0 saturated heterocycles. The first kappa shape index (κ1) is 11.8. The van der Waals surface area contributed by atoms with Crippen molar-refractivity contribution in [1.82, 2.24) is 0 Å². The molecule has 1 N–H and O–H groups in total. The number of rotatable bonds is 2. The maximum Gasteiger partial charge on any atom is 0.256 e. The Balaban J connectivity index is 2.21. The highest BCUT2D eigenvalue weighted by atomic mass is 79.9. The van der Waals surface area contributed by atoms with Crippen LogP contribution in [-0.4, -0.2) is 5.91 Å². The number of hydrogen-bond acceptors (Lipinski definition) is 2. The second-order valence-electron chi connectivity index (χ2n) is 3.09. The average molecular weight is 361 g/mol. The molecule has 2 nitrogen and oxygen atoms in total. The van der Waals surface area contributed by atoms with Crippen molar-refractivity contribution in [2.24, 2.45) is 0 Å². The monoisotopic (exact) mass is 359 g/mol. The first-order chi connectivity index (χ1) is 7.66. The molecule has 0 bridgehead atoms. The van der Waals surface area contributed by atoms with Gasteiger partial charge in [-0.2, -0.15) is 11.3 Å². The molecule has 82 valence electrons. The number of carbonyl (C=O) groups is 1. The van der Waals surface area contributed by atoms with Crippen molar-refractivity contribution < 1.29 is 4.79 Å². The van der Waals surface area contributed by atoms with E-state index in [1.165, 1.54) is 11.3 Å². The van der Waals surface area contributed by atoms with Crippen molar-refractivity contribution in [2.75, 3.05) is 5.32 Å². The van der Waals surface area contributed by atoms with Crippen LogP contribution in [0.2, 0.25) is 0 Å². The summed E-state index contributed by atoms with van der Waals surface area (Å²) in [5.74, 6) is -0.0972. The third-order valence-electron chi connectivity index (χ3n) is 1.96. The first-order valence-electron chi connectivity index (χ1n) is 4.45. The molecule has 5 heteroatoms. The van der Waals surface area contributed by atoms with Gasteiger partial charge in [0.25, 0.3) is 5.91 Å². The Labute approximate surface area is 114 Å². The Bertz CT molecular complexity index is 511. The van der Waals surface area contributed by atoms with Crippen LogP contribution in [0.3, 0.4) is 0 Å². The minimum atomic E-state index is -0.0972. The zero-order valence-electron chi connectivity index (χ0n) is 8.04. The van der Waals surface area contributed by atoms with E-state index in [1.807, 2.05) is 29.0 Å². The van der Waals surface area contributed by atoms with Crippen molar-refractivity contribution in [2.45, 2.75) is 0 Å². The van der Waals surface area contributed by atoms with Gasteiger partial charge in [0.2, 0.25) is 0 Å². The Morgan fingerprint density at radius 1 is 1.25 bits per heavy atom. The SMILES string of the molecule is O=C(Nc1cc(Br)ccc1Br)c1ccsc1. The van der Waals surface area contributed by atoms with E-state index in [4.69, 9.17) is 0 Å². The molecule has 2 aromatic rings. The lowest BCUT2D eigenvalue weighted by molar-refractivity contribution is 0.102. The average Bonchev–Trinajstić information content (AvgIpc) is 2.76. The standard InChI is InChI=1S/C11H7Br2NOS/c12-8-1-2-9(13)10(5-8)14-11(15)7-3-4-16-6-7/h1-6H,(H,14,15). The molecule has 0 spiro atoms. The van der Waals surface area contributed by atoms with Crippen molar-refractivity contribution in [3.63, 3.8) is 0 Å². The lowest BCUT2D eigenvalue weighted by atomic mass is 10.3. The van der Waals surface area contributed by atoms with E-state index < -0.39 is 0 Å². The predicted octanol–water partition coefficient (Wildman–Crippen LogP) is 4.53. The smallest absolute Gasteiger partial charge is 0.256 e. The molecule has 0 aliphatic rings. The largest absolute Gasteiger partial charge is 0.321 e. The first-order valence-corrected chi connectivity index (χ1v) is 6.98. The van der Waals surface area contributed by atoms with Gasteiger partial charge in [0.1, 0.15) is 0 Å². The van der Waals surface area contributed by atoms with Crippen molar-refractivity contribution in [3.8, 4) is 0 Å². The molecule has 0 unspecified atom stereocenters. The van der Waals surface area contributed by atoms with Gasteiger partial charge < -0.3 is 5.32 Å². The summed E-state index contributed by atoms with van der Waals surface area (Å²) < 4.78 is 1.79. The Morgan fingerprint density at radius 3 is 2.75 bits per heavy atom. The summed E-state index contributed by atoms with van der Waals surface area (Å²) in [5, 5.41) is 6.54. The zero-order valence-corrected chi connectivity index (χ0v) is 12.0. The zero-order chi connectivity index (χ0) is 11.5. The second-order valence-corrected chi connectivity index (χ2v) is 5.64. The fourth-order valence-corrected chi connectivity index (χ4v) is 2.52. The van der Waals surface area contributed by atoms with E-state index in [2.05, 4.69) is 37.2 Å². The van der Waals surface area contributed by atoms with Crippen molar-refractivity contribution in [1.29, 1.82) is 0 Å². The topological polar surface area (TPSA) is 29.1 Å². The van der Waals surface area contributed by atoms with E-state index in [0.717, 1.165) is 14.6 Å². The summed E-state index contributed by atoms with van der Waals surface area (Å²) in [5.41, 5.74) is 1.43. The molecule has 0 aliphatic heterocycles. The molecule has 1 aromatic carbocycles. The Morgan fingerprint density at radius 2 is 2.06 bits per heavy atom.